The van der Waals surface area contributed by atoms with Crippen molar-refractivity contribution in [3.05, 3.63) is 71.8 Å². The number of benzene rings is 2. The van der Waals surface area contributed by atoms with Gasteiger partial charge in [-0.25, -0.2) is 9.67 Å². The Morgan fingerprint density at radius 2 is 1.88 bits per heavy atom. The molecule has 0 bridgehead atoms. The molecule has 5 rings (SSSR count). The number of anilines is 1. The minimum atomic E-state index is -3.23. The van der Waals surface area contributed by atoms with E-state index in [0.29, 0.717) is 17.0 Å². The number of likely N-dealkylation sites (N-methyl/N-ethyl adjacent to an activating group) is 1. The van der Waals surface area contributed by atoms with Crippen molar-refractivity contribution in [2.24, 2.45) is 0 Å². The summed E-state index contributed by atoms with van der Waals surface area (Å²) >= 11 is 0. The molecule has 3 heterocycles. The molecule has 1 N–H and O–H groups in total. The molecule has 10 heteroatoms. The highest BCUT2D eigenvalue weighted by Gasteiger charge is 2.49. The summed E-state index contributed by atoms with van der Waals surface area (Å²) in [5.74, 6) is -4.93. The molecule has 0 aliphatic carbocycles. The first-order valence-corrected chi connectivity index (χ1v) is 10.1. The lowest BCUT2D eigenvalue weighted by Gasteiger charge is -2.19. The molecule has 2 aliphatic rings. The number of halogens is 2. The van der Waals surface area contributed by atoms with Gasteiger partial charge in [0.25, 0.3) is 11.8 Å². The molecule has 2 atom stereocenters. The van der Waals surface area contributed by atoms with Crippen LogP contribution < -0.4 is 15.0 Å². The van der Waals surface area contributed by atoms with E-state index in [0.717, 1.165) is 4.68 Å². The second-order valence-electron chi connectivity index (χ2n) is 7.74. The molecule has 2 amide bonds. The average molecular weight is 439 g/mol. The Hall–Kier alpha value is -3.82. The fourth-order valence-corrected chi connectivity index (χ4v) is 4.02. The van der Waals surface area contributed by atoms with E-state index in [2.05, 4.69) is 15.4 Å². The number of fused-ring (bicyclic) bond motifs is 2. The first-order valence-electron chi connectivity index (χ1n) is 10.1. The lowest BCUT2D eigenvalue weighted by molar-refractivity contribution is -0.120. The van der Waals surface area contributed by atoms with E-state index in [1.807, 2.05) is 0 Å². The van der Waals surface area contributed by atoms with Crippen LogP contribution in [0.25, 0.3) is 0 Å². The highest BCUT2D eigenvalue weighted by molar-refractivity contribution is 6.02. The van der Waals surface area contributed by atoms with Crippen LogP contribution in [0.1, 0.15) is 34.5 Å². The predicted molar refractivity (Wildman–Crippen MR) is 110 cm³/mol. The van der Waals surface area contributed by atoms with Crippen molar-refractivity contribution in [1.82, 2.24) is 20.1 Å². The van der Waals surface area contributed by atoms with Crippen molar-refractivity contribution in [2.75, 3.05) is 18.6 Å². The largest absolute Gasteiger partial charge is 0.489 e. The van der Waals surface area contributed by atoms with Crippen LogP contribution in [0.3, 0.4) is 0 Å². The van der Waals surface area contributed by atoms with Gasteiger partial charge in [-0.05, 0) is 17.7 Å². The topological polar surface area (TPSA) is 89.4 Å². The molecule has 32 heavy (non-hydrogen) atoms. The lowest BCUT2D eigenvalue weighted by atomic mass is 10.0. The summed E-state index contributed by atoms with van der Waals surface area (Å²) in [4.78, 5) is 30.8. The molecule has 0 spiro atoms. The monoisotopic (exact) mass is 439 g/mol. The number of amides is 2. The highest BCUT2D eigenvalue weighted by atomic mass is 19.3. The molecule has 2 unspecified atom stereocenters. The number of para-hydroxylation sites is 2. The Labute approximate surface area is 181 Å². The van der Waals surface area contributed by atoms with Crippen LogP contribution in [0, 0.1) is 0 Å². The number of alkyl halides is 2. The third kappa shape index (κ3) is 3.28. The van der Waals surface area contributed by atoms with E-state index in [-0.39, 0.29) is 6.61 Å². The number of carbonyl (C=O) groups excluding carboxylic acids is 2. The molecule has 1 aromatic heterocycles. The van der Waals surface area contributed by atoms with Gasteiger partial charge in [-0.15, -0.1) is 5.10 Å². The number of hydrogen-bond acceptors (Lipinski definition) is 5. The number of rotatable bonds is 3. The fourth-order valence-electron chi connectivity index (χ4n) is 4.02. The Morgan fingerprint density at radius 3 is 2.66 bits per heavy atom. The standard InChI is InChI=1S/C22H19F2N5O3/c1-28-15-9-5-6-10-17(15)32-12-14(20(28)31)25-19(30)18-26-21-22(23,24)11-16(29(21)27-18)13-7-3-2-4-8-13/h2-10,14,16H,11-12H2,1H3,(H,25,30). The number of ether oxygens (including phenoxy) is 1. The predicted octanol–water partition coefficient (Wildman–Crippen LogP) is 2.52. The summed E-state index contributed by atoms with van der Waals surface area (Å²) in [5.41, 5.74) is 1.22. The first kappa shape index (κ1) is 20.1. The van der Waals surface area contributed by atoms with E-state index in [4.69, 9.17) is 4.74 Å². The number of nitrogens with one attached hydrogen (secondary N) is 1. The van der Waals surface area contributed by atoms with Crippen LogP contribution in [0.2, 0.25) is 0 Å². The normalized spacial score (nSPS) is 21.3. The van der Waals surface area contributed by atoms with E-state index in [1.165, 1.54) is 4.90 Å². The van der Waals surface area contributed by atoms with Crippen LogP contribution in [0.15, 0.2) is 54.6 Å². The van der Waals surface area contributed by atoms with Gasteiger partial charge in [0.1, 0.15) is 18.4 Å². The maximum absolute atomic E-state index is 14.6. The Bertz CT molecular complexity index is 1200. The SMILES string of the molecule is CN1C(=O)C(NC(=O)c2nc3n(n2)C(c2ccccc2)CC3(F)F)COc2ccccc21. The van der Waals surface area contributed by atoms with E-state index in [1.54, 1.807) is 61.6 Å². The number of nitrogens with zero attached hydrogens (tertiary/aromatic N) is 4. The maximum Gasteiger partial charge on any atom is 0.308 e. The van der Waals surface area contributed by atoms with Gasteiger partial charge in [0.15, 0.2) is 5.82 Å². The molecule has 0 fully saturated rings. The van der Waals surface area contributed by atoms with Crippen LogP contribution >= 0.6 is 0 Å². The van der Waals surface area contributed by atoms with Gasteiger partial charge in [-0.2, -0.15) is 8.78 Å². The van der Waals surface area contributed by atoms with Gasteiger partial charge in [0.2, 0.25) is 5.82 Å². The van der Waals surface area contributed by atoms with E-state index in [9.17, 15) is 18.4 Å². The van der Waals surface area contributed by atoms with Crippen molar-refractivity contribution >= 4 is 17.5 Å². The summed E-state index contributed by atoms with van der Waals surface area (Å²) < 4.78 is 35.9. The second-order valence-corrected chi connectivity index (χ2v) is 7.74. The molecule has 2 aliphatic heterocycles. The number of aromatic nitrogens is 3. The van der Waals surface area contributed by atoms with Crippen molar-refractivity contribution in [1.29, 1.82) is 0 Å². The molecular formula is C22H19F2N5O3. The van der Waals surface area contributed by atoms with Crippen molar-refractivity contribution in [2.45, 2.75) is 24.4 Å². The first-order chi connectivity index (χ1) is 15.3. The van der Waals surface area contributed by atoms with Crippen molar-refractivity contribution in [3.63, 3.8) is 0 Å². The van der Waals surface area contributed by atoms with Crippen LogP contribution in [-0.4, -0.2) is 46.3 Å². The molecule has 2 aromatic carbocycles. The van der Waals surface area contributed by atoms with Gasteiger partial charge in [0.05, 0.1) is 11.7 Å². The Kier molecular flexibility index (Phi) is 4.65. The van der Waals surface area contributed by atoms with Gasteiger partial charge >= 0.3 is 5.92 Å². The summed E-state index contributed by atoms with van der Waals surface area (Å²) in [7, 11) is 1.57. The Balaban J connectivity index is 1.39. The van der Waals surface area contributed by atoms with Crippen molar-refractivity contribution in [3.8, 4) is 5.75 Å². The quantitative estimate of drug-likeness (QED) is 0.678. The van der Waals surface area contributed by atoms with Crippen LogP contribution in [0.5, 0.6) is 5.75 Å². The van der Waals surface area contributed by atoms with Gasteiger partial charge in [0, 0.05) is 13.5 Å². The number of carbonyl (C=O) groups is 2. The molecule has 0 saturated heterocycles. The molecule has 164 valence electrons. The third-order valence-corrected chi connectivity index (χ3v) is 5.66. The molecule has 0 saturated carbocycles. The average Bonchev–Trinajstić information content (AvgIpc) is 3.32. The van der Waals surface area contributed by atoms with Gasteiger partial charge in [-0.1, -0.05) is 42.5 Å². The van der Waals surface area contributed by atoms with E-state index >= 15 is 0 Å². The second kappa shape index (κ2) is 7.40. The Morgan fingerprint density at radius 1 is 1.16 bits per heavy atom. The minimum Gasteiger partial charge on any atom is -0.489 e. The summed E-state index contributed by atoms with van der Waals surface area (Å²) in [6.45, 7) is -0.109. The van der Waals surface area contributed by atoms with Crippen LogP contribution in [0.4, 0.5) is 14.5 Å². The van der Waals surface area contributed by atoms with Gasteiger partial charge in [-0.3, -0.25) is 9.59 Å². The van der Waals surface area contributed by atoms with E-state index < -0.39 is 47.9 Å². The van der Waals surface area contributed by atoms with Crippen LogP contribution in [-0.2, 0) is 10.7 Å². The number of hydrogen-bond donors (Lipinski definition) is 1. The third-order valence-electron chi connectivity index (χ3n) is 5.66. The zero-order chi connectivity index (χ0) is 22.5. The zero-order valence-corrected chi connectivity index (χ0v) is 17.0. The molecule has 8 nitrogen and oxygen atoms in total. The smallest absolute Gasteiger partial charge is 0.308 e. The fraction of sp³-hybridized carbons (Fsp3) is 0.273. The highest BCUT2D eigenvalue weighted by Crippen LogP contribution is 2.45. The summed E-state index contributed by atoms with van der Waals surface area (Å²) in [6.07, 6.45) is -0.480. The zero-order valence-electron chi connectivity index (χ0n) is 17.0. The van der Waals surface area contributed by atoms with Gasteiger partial charge < -0.3 is 15.0 Å². The summed E-state index contributed by atoms with van der Waals surface area (Å²) in [5, 5.41) is 6.59. The maximum atomic E-state index is 14.6. The lowest BCUT2D eigenvalue weighted by Crippen LogP contribution is -2.49. The molecule has 0 radical (unpaired) electrons. The molecule has 3 aromatic rings. The minimum absolute atomic E-state index is 0.109. The van der Waals surface area contributed by atoms with Crippen molar-refractivity contribution < 1.29 is 23.1 Å². The molecular weight excluding hydrogens is 420 g/mol. The summed E-state index contributed by atoms with van der Waals surface area (Å²) in [6, 6.07) is 14.0.